The molecular weight excluding hydrogens is 249 g/mol. The predicted octanol–water partition coefficient (Wildman–Crippen LogP) is 1.25. The smallest absolute Gasteiger partial charge is 0.414 e. The van der Waals surface area contributed by atoms with Gasteiger partial charge in [0.15, 0.2) is 0 Å². The van der Waals surface area contributed by atoms with Gasteiger partial charge in [0.25, 0.3) is 0 Å². The van der Waals surface area contributed by atoms with Crippen LogP contribution < -0.4 is 4.72 Å². The molecule has 0 rings (SSSR count). The number of halogens is 3. The molecule has 0 aromatic rings. The normalized spacial score (nSPS) is 16.9. The van der Waals surface area contributed by atoms with Crippen molar-refractivity contribution in [2.45, 2.75) is 37.7 Å². The standard InChI is InChI=1S/C7H13F3N2O3S/c1-6(2,3)16(15)11-5(4-12(13)14)7(8,9)10/h5,11H,4H2,1-3H3/t5-,16?/m1/s1. The lowest BCUT2D eigenvalue weighted by Gasteiger charge is -2.27. The van der Waals surface area contributed by atoms with Crippen LogP contribution in [0.5, 0.6) is 0 Å². The van der Waals surface area contributed by atoms with Gasteiger partial charge in [-0.2, -0.15) is 13.2 Å². The van der Waals surface area contributed by atoms with Gasteiger partial charge in [0.2, 0.25) is 12.6 Å². The minimum atomic E-state index is -4.80. The third-order valence-electron chi connectivity index (χ3n) is 1.53. The molecule has 1 unspecified atom stereocenters. The summed E-state index contributed by atoms with van der Waals surface area (Å²) in [7, 11) is 0. The molecule has 2 atom stereocenters. The molecule has 0 aromatic carbocycles. The molecule has 0 bridgehead atoms. The maximum atomic E-state index is 12.3. The van der Waals surface area contributed by atoms with Crippen LogP contribution in [0.1, 0.15) is 20.8 Å². The Morgan fingerprint density at radius 2 is 1.81 bits per heavy atom. The average Bonchev–Trinajstić information content (AvgIpc) is 1.98. The maximum Gasteiger partial charge on any atom is 0.414 e. The van der Waals surface area contributed by atoms with Crippen LogP contribution in [-0.2, 0) is 11.4 Å². The minimum absolute atomic E-state index is 0.917. The van der Waals surface area contributed by atoms with Crippen LogP contribution in [-0.4, -0.2) is 33.0 Å². The minimum Gasteiger partial charge on any atom is -0.598 e. The summed E-state index contributed by atoms with van der Waals surface area (Å²) in [5.74, 6) is 0. The van der Waals surface area contributed by atoms with Crippen LogP contribution in [0.15, 0.2) is 0 Å². The summed E-state index contributed by atoms with van der Waals surface area (Å²) in [6, 6.07) is -2.40. The van der Waals surface area contributed by atoms with Gasteiger partial charge in [-0.25, -0.2) is 0 Å². The molecule has 16 heavy (non-hydrogen) atoms. The fraction of sp³-hybridized carbons (Fsp3) is 1.00. The fourth-order valence-corrected chi connectivity index (χ4v) is 1.48. The molecule has 0 aliphatic carbocycles. The molecule has 1 N–H and O–H groups in total. The van der Waals surface area contributed by atoms with E-state index < -0.39 is 39.8 Å². The molecule has 0 aliphatic heterocycles. The summed E-state index contributed by atoms with van der Waals surface area (Å²) in [5.41, 5.74) is 0. The monoisotopic (exact) mass is 262 g/mol. The molecule has 0 spiro atoms. The van der Waals surface area contributed by atoms with Gasteiger partial charge in [0, 0.05) is 16.3 Å². The second kappa shape index (κ2) is 5.19. The number of nitrogens with zero attached hydrogens (tertiary/aromatic N) is 1. The third-order valence-corrected chi connectivity index (χ3v) is 3.14. The van der Waals surface area contributed by atoms with E-state index in [0.29, 0.717) is 0 Å². The van der Waals surface area contributed by atoms with Gasteiger partial charge in [0.05, 0.1) is 0 Å². The maximum absolute atomic E-state index is 12.3. The zero-order chi connectivity index (χ0) is 13.1. The van der Waals surface area contributed by atoms with Crippen molar-refractivity contribution >= 4 is 11.4 Å². The molecule has 0 saturated carbocycles. The summed E-state index contributed by atoms with van der Waals surface area (Å²) >= 11 is -2.00. The predicted molar refractivity (Wildman–Crippen MR) is 52.7 cm³/mol. The van der Waals surface area contributed by atoms with Crippen molar-refractivity contribution in [3.63, 3.8) is 0 Å². The van der Waals surface area contributed by atoms with E-state index in [4.69, 9.17) is 0 Å². The Bertz CT molecular complexity index is 254. The summed E-state index contributed by atoms with van der Waals surface area (Å²) in [4.78, 5) is 8.96. The molecule has 0 saturated heterocycles. The second-order valence-electron chi connectivity index (χ2n) is 4.11. The summed E-state index contributed by atoms with van der Waals surface area (Å²) in [5, 5.41) is 10.1. The highest BCUT2D eigenvalue weighted by Gasteiger charge is 2.47. The lowest BCUT2D eigenvalue weighted by Crippen LogP contribution is -2.53. The van der Waals surface area contributed by atoms with Crippen LogP contribution in [0.4, 0.5) is 13.2 Å². The van der Waals surface area contributed by atoms with Crippen LogP contribution >= 0.6 is 0 Å². The van der Waals surface area contributed by atoms with Gasteiger partial charge in [-0.15, -0.1) is 4.72 Å². The van der Waals surface area contributed by atoms with Gasteiger partial charge in [-0.1, -0.05) is 0 Å². The van der Waals surface area contributed by atoms with Crippen LogP contribution in [0.25, 0.3) is 0 Å². The van der Waals surface area contributed by atoms with Crippen molar-refractivity contribution in [3.05, 3.63) is 10.1 Å². The highest BCUT2D eigenvalue weighted by molar-refractivity contribution is 7.90. The van der Waals surface area contributed by atoms with Crippen LogP contribution in [0, 0.1) is 10.1 Å². The lowest BCUT2D eigenvalue weighted by molar-refractivity contribution is -0.490. The highest BCUT2D eigenvalue weighted by Crippen LogP contribution is 2.23. The van der Waals surface area contributed by atoms with E-state index >= 15 is 0 Å². The molecule has 0 heterocycles. The lowest BCUT2D eigenvalue weighted by atomic mass is 10.3. The Morgan fingerprint density at radius 3 is 2.06 bits per heavy atom. The first kappa shape index (κ1) is 15.5. The van der Waals surface area contributed by atoms with Crippen molar-refractivity contribution in [2.75, 3.05) is 6.54 Å². The van der Waals surface area contributed by atoms with Gasteiger partial charge in [0.1, 0.15) is 4.75 Å². The number of nitro groups is 1. The number of nitrogens with one attached hydrogen (secondary N) is 1. The number of hydrogen-bond donors (Lipinski definition) is 1. The Morgan fingerprint density at radius 1 is 1.38 bits per heavy atom. The molecule has 9 heteroatoms. The van der Waals surface area contributed by atoms with Crippen molar-refractivity contribution in [1.29, 1.82) is 0 Å². The van der Waals surface area contributed by atoms with Gasteiger partial charge >= 0.3 is 6.18 Å². The van der Waals surface area contributed by atoms with E-state index in [1.165, 1.54) is 20.8 Å². The van der Waals surface area contributed by atoms with Crippen LogP contribution in [0.3, 0.4) is 0 Å². The van der Waals surface area contributed by atoms with E-state index in [0.717, 1.165) is 0 Å². The molecule has 96 valence electrons. The highest BCUT2D eigenvalue weighted by atomic mass is 32.2. The van der Waals surface area contributed by atoms with Gasteiger partial charge < -0.3 is 4.55 Å². The molecule has 0 amide bonds. The van der Waals surface area contributed by atoms with Crippen molar-refractivity contribution in [1.82, 2.24) is 4.72 Å². The SMILES string of the molecule is CC(C)(C)[S+]([O-])N[C@H](C[N+](=O)[O-])C(F)(F)F. The fourth-order valence-electron chi connectivity index (χ4n) is 0.663. The molecule has 0 fully saturated rings. The molecule has 0 aromatic heterocycles. The topological polar surface area (TPSA) is 78.2 Å². The zero-order valence-corrected chi connectivity index (χ0v) is 9.82. The summed E-state index contributed by atoms with van der Waals surface area (Å²) < 4.78 is 49.2. The summed E-state index contributed by atoms with van der Waals surface area (Å²) in [6.07, 6.45) is -4.80. The van der Waals surface area contributed by atoms with E-state index in [1.807, 2.05) is 0 Å². The number of rotatable bonds is 4. The molecular formula is C7H13F3N2O3S. The van der Waals surface area contributed by atoms with E-state index in [1.54, 1.807) is 4.72 Å². The Labute approximate surface area is 93.9 Å². The van der Waals surface area contributed by atoms with E-state index in [9.17, 15) is 27.8 Å². The molecule has 0 radical (unpaired) electrons. The van der Waals surface area contributed by atoms with E-state index in [2.05, 4.69) is 0 Å². The van der Waals surface area contributed by atoms with Gasteiger partial charge in [-0.05, 0) is 20.8 Å². The first-order valence-electron chi connectivity index (χ1n) is 4.31. The molecule has 0 aliphatic rings. The quantitative estimate of drug-likeness (QED) is 0.470. The van der Waals surface area contributed by atoms with Crippen molar-refractivity contribution in [2.24, 2.45) is 0 Å². The second-order valence-corrected chi connectivity index (χ2v) is 6.11. The first-order chi connectivity index (χ1) is 6.94. The summed E-state index contributed by atoms with van der Waals surface area (Å²) in [6.45, 7) is 3.06. The third kappa shape index (κ3) is 5.52. The van der Waals surface area contributed by atoms with Crippen molar-refractivity contribution in [3.8, 4) is 0 Å². The molecule has 5 nitrogen and oxygen atoms in total. The Kier molecular flexibility index (Phi) is 5.02. The number of alkyl halides is 3. The number of hydrogen-bond acceptors (Lipinski definition) is 4. The Balaban J connectivity index is 4.62. The van der Waals surface area contributed by atoms with E-state index in [-0.39, 0.29) is 0 Å². The average molecular weight is 262 g/mol. The largest absolute Gasteiger partial charge is 0.598 e. The zero-order valence-electron chi connectivity index (χ0n) is 9.00. The van der Waals surface area contributed by atoms with Gasteiger partial charge in [-0.3, -0.25) is 10.1 Å². The first-order valence-corrected chi connectivity index (χ1v) is 5.46. The van der Waals surface area contributed by atoms with Crippen LogP contribution in [0.2, 0.25) is 0 Å². The van der Waals surface area contributed by atoms with Crippen molar-refractivity contribution < 1.29 is 22.6 Å². The Hall–Kier alpha value is -0.540.